The van der Waals surface area contributed by atoms with E-state index in [-0.39, 0.29) is 0 Å². The summed E-state index contributed by atoms with van der Waals surface area (Å²) in [6.07, 6.45) is 4.27. The number of furan rings is 1. The minimum Gasteiger partial charge on any atom is -0.485 e. The highest BCUT2D eigenvalue weighted by molar-refractivity contribution is 5.33. The summed E-state index contributed by atoms with van der Waals surface area (Å²) in [6.45, 7) is 1.35. The zero-order valence-corrected chi connectivity index (χ0v) is 10.3. The Morgan fingerprint density at radius 1 is 1.17 bits per heavy atom. The summed E-state index contributed by atoms with van der Waals surface area (Å²) in [5.41, 5.74) is 1.20. The van der Waals surface area contributed by atoms with Crippen molar-refractivity contribution in [3.05, 3.63) is 54.0 Å². The van der Waals surface area contributed by atoms with Gasteiger partial charge in [-0.2, -0.15) is 0 Å². The molecule has 1 aliphatic rings. The quantitative estimate of drug-likeness (QED) is 0.846. The molecule has 1 aromatic carbocycles. The van der Waals surface area contributed by atoms with Crippen LogP contribution in [0.5, 0.6) is 5.75 Å². The summed E-state index contributed by atoms with van der Waals surface area (Å²) in [4.78, 5) is 0. The molecule has 1 saturated carbocycles. The van der Waals surface area contributed by atoms with E-state index in [4.69, 9.17) is 9.15 Å². The first-order chi connectivity index (χ1) is 8.92. The van der Waals surface area contributed by atoms with E-state index in [0.29, 0.717) is 12.6 Å². The van der Waals surface area contributed by atoms with Crippen LogP contribution in [-0.4, -0.2) is 6.04 Å². The third-order valence-electron chi connectivity index (χ3n) is 3.08. The van der Waals surface area contributed by atoms with Crippen molar-refractivity contribution in [3.63, 3.8) is 0 Å². The molecule has 0 saturated heterocycles. The topological polar surface area (TPSA) is 34.4 Å². The molecule has 0 atom stereocenters. The van der Waals surface area contributed by atoms with Crippen LogP contribution in [0.4, 0.5) is 0 Å². The second-order valence-electron chi connectivity index (χ2n) is 4.63. The van der Waals surface area contributed by atoms with Gasteiger partial charge in [-0.25, -0.2) is 0 Å². The van der Waals surface area contributed by atoms with E-state index < -0.39 is 0 Å². The Hall–Kier alpha value is -1.74. The fraction of sp³-hybridized carbons (Fsp3) is 0.333. The Labute approximate surface area is 107 Å². The van der Waals surface area contributed by atoms with Gasteiger partial charge in [0.25, 0.3) is 0 Å². The smallest absolute Gasteiger partial charge is 0.146 e. The van der Waals surface area contributed by atoms with E-state index >= 15 is 0 Å². The zero-order valence-electron chi connectivity index (χ0n) is 10.3. The normalized spacial score (nSPS) is 14.7. The Bertz CT molecular complexity index is 489. The lowest BCUT2D eigenvalue weighted by Gasteiger charge is -2.11. The predicted molar refractivity (Wildman–Crippen MR) is 69.3 cm³/mol. The van der Waals surface area contributed by atoms with E-state index in [1.54, 1.807) is 6.26 Å². The monoisotopic (exact) mass is 243 g/mol. The van der Waals surface area contributed by atoms with Gasteiger partial charge in [0.15, 0.2) is 0 Å². The van der Waals surface area contributed by atoms with Gasteiger partial charge in [0.05, 0.1) is 6.26 Å². The number of nitrogens with one attached hydrogen (secondary N) is 1. The van der Waals surface area contributed by atoms with Crippen LogP contribution in [0.25, 0.3) is 0 Å². The van der Waals surface area contributed by atoms with E-state index in [1.807, 2.05) is 30.3 Å². The maximum absolute atomic E-state index is 5.80. The molecule has 0 aliphatic heterocycles. The van der Waals surface area contributed by atoms with Gasteiger partial charge in [-0.3, -0.25) is 0 Å². The lowest BCUT2D eigenvalue weighted by atomic mass is 10.2. The lowest BCUT2D eigenvalue weighted by Crippen LogP contribution is -2.16. The molecule has 3 rings (SSSR count). The number of benzene rings is 1. The number of hydrogen-bond donors (Lipinski definition) is 1. The second kappa shape index (κ2) is 5.27. The molecule has 3 nitrogen and oxygen atoms in total. The molecule has 18 heavy (non-hydrogen) atoms. The highest BCUT2D eigenvalue weighted by Crippen LogP contribution is 2.23. The first-order valence-corrected chi connectivity index (χ1v) is 6.38. The molecule has 1 aromatic heterocycles. The summed E-state index contributed by atoms with van der Waals surface area (Å²) in [5, 5.41) is 3.50. The SMILES string of the molecule is c1coc(COc2ccccc2CNC2CC2)c1. The first-order valence-electron chi connectivity index (χ1n) is 6.38. The summed E-state index contributed by atoms with van der Waals surface area (Å²) in [5.74, 6) is 1.78. The summed E-state index contributed by atoms with van der Waals surface area (Å²) < 4.78 is 11.1. The van der Waals surface area contributed by atoms with Crippen LogP contribution in [0.1, 0.15) is 24.2 Å². The van der Waals surface area contributed by atoms with Gasteiger partial charge in [0, 0.05) is 18.2 Å². The van der Waals surface area contributed by atoms with Crippen LogP contribution in [0.15, 0.2) is 47.1 Å². The molecule has 1 aliphatic carbocycles. The molecule has 0 bridgehead atoms. The molecule has 0 spiro atoms. The Morgan fingerprint density at radius 3 is 2.83 bits per heavy atom. The van der Waals surface area contributed by atoms with E-state index in [9.17, 15) is 0 Å². The molecule has 2 aromatic rings. The van der Waals surface area contributed by atoms with Crippen LogP contribution in [0.2, 0.25) is 0 Å². The minimum absolute atomic E-state index is 0.480. The molecule has 1 heterocycles. The zero-order chi connectivity index (χ0) is 12.2. The summed E-state index contributed by atoms with van der Waals surface area (Å²) in [7, 11) is 0. The highest BCUT2D eigenvalue weighted by Gasteiger charge is 2.20. The van der Waals surface area contributed by atoms with E-state index in [1.165, 1.54) is 18.4 Å². The fourth-order valence-corrected chi connectivity index (χ4v) is 1.88. The maximum Gasteiger partial charge on any atom is 0.146 e. The number of para-hydroxylation sites is 1. The molecule has 94 valence electrons. The third-order valence-corrected chi connectivity index (χ3v) is 3.08. The Kier molecular flexibility index (Phi) is 3.33. The van der Waals surface area contributed by atoms with Crippen molar-refractivity contribution in [3.8, 4) is 5.75 Å². The van der Waals surface area contributed by atoms with Crippen molar-refractivity contribution in [2.45, 2.75) is 32.0 Å². The van der Waals surface area contributed by atoms with Gasteiger partial charge in [0.2, 0.25) is 0 Å². The van der Waals surface area contributed by atoms with Crippen LogP contribution in [0, 0.1) is 0 Å². The highest BCUT2D eigenvalue weighted by atomic mass is 16.5. The standard InChI is InChI=1S/C15H17NO2/c1-2-6-15(18-11-14-5-3-9-17-14)12(4-1)10-16-13-7-8-13/h1-6,9,13,16H,7-8,10-11H2. The Balaban J connectivity index is 1.62. The lowest BCUT2D eigenvalue weighted by molar-refractivity contribution is 0.267. The van der Waals surface area contributed by atoms with Gasteiger partial charge in [-0.1, -0.05) is 18.2 Å². The molecule has 3 heteroatoms. The van der Waals surface area contributed by atoms with Crippen molar-refractivity contribution >= 4 is 0 Å². The van der Waals surface area contributed by atoms with Gasteiger partial charge in [-0.05, 0) is 31.0 Å². The minimum atomic E-state index is 0.480. The number of hydrogen-bond acceptors (Lipinski definition) is 3. The van der Waals surface area contributed by atoms with Gasteiger partial charge in [-0.15, -0.1) is 0 Å². The molecular weight excluding hydrogens is 226 g/mol. The second-order valence-corrected chi connectivity index (χ2v) is 4.63. The van der Waals surface area contributed by atoms with Gasteiger partial charge < -0.3 is 14.5 Å². The van der Waals surface area contributed by atoms with Gasteiger partial charge >= 0.3 is 0 Å². The van der Waals surface area contributed by atoms with Crippen LogP contribution < -0.4 is 10.1 Å². The first kappa shape index (κ1) is 11.4. The molecule has 0 amide bonds. The summed E-state index contributed by atoms with van der Waals surface area (Å²) in [6, 6.07) is 12.7. The average molecular weight is 243 g/mol. The Morgan fingerprint density at radius 2 is 2.06 bits per heavy atom. The van der Waals surface area contributed by atoms with Crippen molar-refractivity contribution in [1.82, 2.24) is 5.32 Å². The third kappa shape index (κ3) is 2.93. The van der Waals surface area contributed by atoms with Crippen molar-refractivity contribution in [2.24, 2.45) is 0 Å². The van der Waals surface area contributed by atoms with Crippen LogP contribution in [0.3, 0.4) is 0 Å². The van der Waals surface area contributed by atoms with Crippen molar-refractivity contribution in [1.29, 1.82) is 0 Å². The molecular formula is C15H17NO2. The molecule has 0 radical (unpaired) electrons. The van der Waals surface area contributed by atoms with Crippen molar-refractivity contribution < 1.29 is 9.15 Å². The molecule has 1 fully saturated rings. The predicted octanol–water partition coefficient (Wildman–Crippen LogP) is 3.11. The van der Waals surface area contributed by atoms with Gasteiger partial charge in [0.1, 0.15) is 18.1 Å². The van der Waals surface area contributed by atoms with E-state index in [2.05, 4.69) is 11.4 Å². The largest absolute Gasteiger partial charge is 0.485 e. The average Bonchev–Trinajstić information content (AvgIpc) is 3.09. The van der Waals surface area contributed by atoms with Crippen LogP contribution in [-0.2, 0) is 13.2 Å². The van der Waals surface area contributed by atoms with Crippen LogP contribution >= 0.6 is 0 Å². The molecule has 0 unspecified atom stereocenters. The number of ether oxygens (including phenoxy) is 1. The number of rotatable bonds is 6. The van der Waals surface area contributed by atoms with E-state index in [0.717, 1.165) is 18.1 Å². The molecule has 1 N–H and O–H groups in total. The van der Waals surface area contributed by atoms with Crippen molar-refractivity contribution in [2.75, 3.05) is 0 Å². The fourth-order valence-electron chi connectivity index (χ4n) is 1.88. The summed E-state index contributed by atoms with van der Waals surface area (Å²) >= 11 is 0. The maximum atomic E-state index is 5.80.